The minimum Gasteiger partial charge on any atom is -0.394 e. The maximum absolute atomic E-state index is 9.59. The van der Waals surface area contributed by atoms with Crippen molar-refractivity contribution in [1.29, 1.82) is 0 Å². The first-order valence-electron chi connectivity index (χ1n) is 4.17. The Labute approximate surface area is 76.4 Å². The molecule has 78 valence electrons. The van der Waals surface area contributed by atoms with Gasteiger partial charge in [0.15, 0.2) is 0 Å². The number of aliphatic hydroxyl groups excluding tert-OH is 2. The van der Waals surface area contributed by atoms with Crippen LogP contribution in [0.1, 0.15) is 6.92 Å². The molecular formula is C7H16N2O4. The van der Waals surface area contributed by atoms with Crippen molar-refractivity contribution in [2.24, 2.45) is 11.6 Å². The van der Waals surface area contributed by atoms with Crippen molar-refractivity contribution in [1.82, 2.24) is 0 Å². The lowest BCUT2D eigenvalue weighted by Gasteiger charge is -2.40. The van der Waals surface area contributed by atoms with E-state index in [4.69, 9.17) is 21.5 Å². The Morgan fingerprint density at radius 1 is 1.54 bits per heavy atom. The molecular weight excluding hydrogens is 176 g/mol. The van der Waals surface area contributed by atoms with Crippen molar-refractivity contribution < 1.29 is 19.8 Å². The first kappa shape index (κ1) is 10.8. The monoisotopic (exact) mass is 192 g/mol. The third kappa shape index (κ3) is 1.98. The van der Waals surface area contributed by atoms with E-state index in [-0.39, 0.29) is 12.7 Å². The maximum Gasteiger partial charge on any atom is 0.134 e. The molecule has 0 aromatic rings. The Bertz CT molecular complexity index is 167. The van der Waals surface area contributed by atoms with E-state index in [0.717, 1.165) is 0 Å². The van der Waals surface area contributed by atoms with Crippen LogP contribution in [0.5, 0.6) is 0 Å². The van der Waals surface area contributed by atoms with Gasteiger partial charge in [-0.15, -0.1) is 0 Å². The largest absolute Gasteiger partial charge is 0.394 e. The predicted octanol–water partition coefficient (Wildman–Crippen LogP) is -2.29. The second-order valence-electron chi connectivity index (χ2n) is 3.23. The van der Waals surface area contributed by atoms with E-state index in [1.165, 1.54) is 0 Å². The number of nitrogens with two attached hydrogens (primary N) is 2. The smallest absolute Gasteiger partial charge is 0.134 e. The second-order valence-corrected chi connectivity index (χ2v) is 3.23. The number of rotatable bonds is 2. The standard InChI is InChI=1S/C7H16N2O4/c1-3-5(8)6(11)7(13-9)4(2-10)12-3/h3-7,10-11H,2,8-9H2,1H3/t3-,4?,5?,6?,7+/m0/s1. The zero-order valence-electron chi connectivity index (χ0n) is 7.46. The first-order chi connectivity index (χ1) is 6.11. The molecule has 1 heterocycles. The van der Waals surface area contributed by atoms with Gasteiger partial charge in [0.2, 0.25) is 0 Å². The molecule has 3 unspecified atom stereocenters. The van der Waals surface area contributed by atoms with Crippen molar-refractivity contribution >= 4 is 0 Å². The average molecular weight is 192 g/mol. The molecule has 0 amide bonds. The third-order valence-corrected chi connectivity index (χ3v) is 2.37. The summed E-state index contributed by atoms with van der Waals surface area (Å²) < 4.78 is 5.28. The zero-order chi connectivity index (χ0) is 10.0. The quantitative estimate of drug-likeness (QED) is 0.367. The van der Waals surface area contributed by atoms with Gasteiger partial charge >= 0.3 is 0 Å². The summed E-state index contributed by atoms with van der Waals surface area (Å²) in [5, 5.41) is 18.5. The van der Waals surface area contributed by atoms with E-state index < -0.39 is 24.4 Å². The molecule has 13 heavy (non-hydrogen) atoms. The van der Waals surface area contributed by atoms with E-state index in [2.05, 4.69) is 4.84 Å². The van der Waals surface area contributed by atoms with Crippen LogP contribution in [0.15, 0.2) is 0 Å². The Morgan fingerprint density at radius 3 is 2.62 bits per heavy atom. The van der Waals surface area contributed by atoms with Gasteiger partial charge in [-0.3, -0.25) is 4.84 Å². The van der Waals surface area contributed by atoms with Gasteiger partial charge in [-0.2, -0.15) is 0 Å². The molecule has 0 bridgehead atoms. The highest BCUT2D eigenvalue weighted by Crippen LogP contribution is 2.20. The molecule has 1 saturated heterocycles. The SMILES string of the molecule is C[C@@H]1OC(CO)[C@@H](ON)C(O)C1N. The van der Waals surface area contributed by atoms with Crippen LogP contribution >= 0.6 is 0 Å². The summed E-state index contributed by atoms with van der Waals surface area (Å²) in [4.78, 5) is 4.51. The molecule has 1 rings (SSSR count). The summed E-state index contributed by atoms with van der Waals surface area (Å²) in [6.45, 7) is 1.47. The van der Waals surface area contributed by atoms with Crippen LogP contribution in [0, 0.1) is 0 Å². The van der Waals surface area contributed by atoms with Crippen molar-refractivity contribution in [2.75, 3.05) is 6.61 Å². The molecule has 6 nitrogen and oxygen atoms in total. The van der Waals surface area contributed by atoms with Crippen LogP contribution in [0.2, 0.25) is 0 Å². The Morgan fingerprint density at radius 2 is 2.15 bits per heavy atom. The van der Waals surface area contributed by atoms with Gasteiger partial charge in [0, 0.05) is 0 Å². The summed E-state index contributed by atoms with van der Waals surface area (Å²) in [5.41, 5.74) is 5.61. The molecule has 0 saturated carbocycles. The van der Waals surface area contributed by atoms with Crippen molar-refractivity contribution in [3.63, 3.8) is 0 Å². The highest BCUT2D eigenvalue weighted by Gasteiger charge is 2.42. The highest BCUT2D eigenvalue weighted by molar-refractivity contribution is 4.93. The van der Waals surface area contributed by atoms with E-state index in [1.807, 2.05) is 0 Å². The lowest BCUT2D eigenvalue weighted by Crippen LogP contribution is -2.62. The Hall–Kier alpha value is -0.240. The molecule has 6 N–H and O–H groups in total. The van der Waals surface area contributed by atoms with Crippen LogP contribution in [0.3, 0.4) is 0 Å². The van der Waals surface area contributed by atoms with E-state index in [1.54, 1.807) is 6.92 Å². The molecule has 6 heteroatoms. The highest BCUT2D eigenvalue weighted by atomic mass is 16.7. The van der Waals surface area contributed by atoms with Crippen LogP contribution in [-0.4, -0.2) is 47.3 Å². The van der Waals surface area contributed by atoms with Crippen LogP contribution < -0.4 is 11.6 Å². The maximum atomic E-state index is 9.59. The number of hydrogen-bond acceptors (Lipinski definition) is 6. The lowest BCUT2D eigenvalue weighted by molar-refractivity contribution is -0.203. The number of aliphatic hydroxyl groups is 2. The van der Waals surface area contributed by atoms with Crippen molar-refractivity contribution in [3.8, 4) is 0 Å². The van der Waals surface area contributed by atoms with Gasteiger partial charge in [-0.05, 0) is 6.92 Å². The van der Waals surface area contributed by atoms with E-state index in [0.29, 0.717) is 0 Å². The zero-order valence-corrected chi connectivity index (χ0v) is 7.46. The second kappa shape index (κ2) is 4.32. The minimum absolute atomic E-state index is 0.254. The average Bonchev–Trinajstić information content (AvgIpc) is 2.13. The Balaban J connectivity index is 2.69. The summed E-state index contributed by atoms with van der Waals surface area (Å²) >= 11 is 0. The Kier molecular flexibility index (Phi) is 3.60. The van der Waals surface area contributed by atoms with Crippen LogP contribution in [0.25, 0.3) is 0 Å². The van der Waals surface area contributed by atoms with Gasteiger partial charge in [-0.1, -0.05) is 0 Å². The fourth-order valence-electron chi connectivity index (χ4n) is 1.48. The summed E-state index contributed by atoms with van der Waals surface area (Å²) in [6, 6.07) is -0.545. The molecule has 1 fully saturated rings. The summed E-state index contributed by atoms with van der Waals surface area (Å²) in [5.74, 6) is 4.96. The molecule has 0 aliphatic carbocycles. The fourth-order valence-corrected chi connectivity index (χ4v) is 1.48. The molecule has 1 aliphatic rings. The molecule has 0 spiro atoms. The first-order valence-corrected chi connectivity index (χ1v) is 4.17. The van der Waals surface area contributed by atoms with Gasteiger partial charge < -0.3 is 20.7 Å². The van der Waals surface area contributed by atoms with Crippen LogP contribution in [0.4, 0.5) is 0 Å². The molecule has 5 atom stereocenters. The third-order valence-electron chi connectivity index (χ3n) is 2.37. The topological polar surface area (TPSA) is 111 Å². The van der Waals surface area contributed by atoms with Gasteiger partial charge in [0.25, 0.3) is 0 Å². The normalized spacial score (nSPS) is 46.4. The van der Waals surface area contributed by atoms with Crippen molar-refractivity contribution in [2.45, 2.75) is 37.4 Å². The van der Waals surface area contributed by atoms with E-state index in [9.17, 15) is 5.11 Å². The number of hydrogen-bond donors (Lipinski definition) is 4. The lowest BCUT2D eigenvalue weighted by atomic mass is 9.94. The summed E-state index contributed by atoms with van der Waals surface area (Å²) in [7, 11) is 0. The fraction of sp³-hybridized carbons (Fsp3) is 1.00. The molecule has 1 aliphatic heterocycles. The van der Waals surface area contributed by atoms with Gasteiger partial charge in [-0.25, -0.2) is 5.90 Å². The summed E-state index contributed by atoms with van der Waals surface area (Å²) in [6.07, 6.45) is -2.62. The van der Waals surface area contributed by atoms with Gasteiger partial charge in [0.05, 0.1) is 18.8 Å². The molecule has 0 aromatic heterocycles. The molecule has 0 aromatic carbocycles. The van der Waals surface area contributed by atoms with E-state index >= 15 is 0 Å². The van der Waals surface area contributed by atoms with Crippen molar-refractivity contribution in [3.05, 3.63) is 0 Å². The minimum atomic E-state index is -0.911. The molecule has 0 radical (unpaired) electrons. The van der Waals surface area contributed by atoms with Crippen LogP contribution in [-0.2, 0) is 9.57 Å². The number of ether oxygens (including phenoxy) is 1. The predicted molar refractivity (Wildman–Crippen MR) is 44.5 cm³/mol. The van der Waals surface area contributed by atoms with Gasteiger partial charge in [0.1, 0.15) is 18.3 Å².